The van der Waals surface area contributed by atoms with Gasteiger partial charge in [0.25, 0.3) is 5.91 Å². The molecule has 7 heteroatoms. The van der Waals surface area contributed by atoms with E-state index in [4.69, 9.17) is 0 Å². The van der Waals surface area contributed by atoms with Gasteiger partial charge in [-0.05, 0) is 44.2 Å². The van der Waals surface area contributed by atoms with Crippen LogP contribution in [-0.2, 0) is 9.59 Å². The summed E-state index contributed by atoms with van der Waals surface area (Å²) >= 11 is 0. The molecule has 31 heavy (non-hydrogen) atoms. The Balaban J connectivity index is 1.22. The second-order valence-electron chi connectivity index (χ2n) is 8.98. The third-order valence-corrected chi connectivity index (χ3v) is 6.87. The Kier molecular flexibility index (Phi) is 7.22. The molecule has 3 aliphatic rings. The van der Waals surface area contributed by atoms with E-state index in [2.05, 4.69) is 4.90 Å². The summed E-state index contributed by atoms with van der Waals surface area (Å²) in [6, 6.07) is 9.40. The van der Waals surface area contributed by atoms with Gasteiger partial charge in [-0.2, -0.15) is 0 Å². The predicted molar refractivity (Wildman–Crippen MR) is 119 cm³/mol. The standard InChI is InChI=1S/C24H34N4O3/c29-22(26-15-9-21(10-16-26)24(31)27-12-4-5-13-27)19-25-11-6-14-28(18-17-25)23(30)20-7-2-1-3-8-20/h1-3,7-8,21H,4-6,9-19H2. The van der Waals surface area contributed by atoms with E-state index in [1.165, 1.54) is 0 Å². The molecule has 4 rings (SSSR count). The Hall–Kier alpha value is -2.41. The van der Waals surface area contributed by atoms with Gasteiger partial charge in [0.1, 0.15) is 0 Å². The normalized spacial score (nSPS) is 21.2. The van der Waals surface area contributed by atoms with E-state index in [1.54, 1.807) is 0 Å². The molecular weight excluding hydrogens is 392 g/mol. The average Bonchev–Trinajstić information content (AvgIpc) is 3.26. The van der Waals surface area contributed by atoms with Crippen molar-refractivity contribution in [3.8, 4) is 0 Å². The third kappa shape index (κ3) is 5.45. The average molecular weight is 427 g/mol. The number of benzene rings is 1. The summed E-state index contributed by atoms with van der Waals surface area (Å²) in [6.07, 6.45) is 4.67. The molecule has 0 N–H and O–H groups in total. The summed E-state index contributed by atoms with van der Waals surface area (Å²) in [5.74, 6) is 0.589. The molecule has 0 radical (unpaired) electrons. The molecule has 0 saturated carbocycles. The van der Waals surface area contributed by atoms with Gasteiger partial charge in [-0.25, -0.2) is 0 Å². The van der Waals surface area contributed by atoms with E-state index in [9.17, 15) is 14.4 Å². The summed E-state index contributed by atoms with van der Waals surface area (Å²) in [4.78, 5) is 46.2. The van der Waals surface area contributed by atoms with Crippen LogP contribution < -0.4 is 0 Å². The smallest absolute Gasteiger partial charge is 0.253 e. The highest BCUT2D eigenvalue weighted by atomic mass is 16.2. The number of carbonyl (C=O) groups is 3. The van der Waals surface area contributed by atoms with Crippen molar-refractivity contribution < 1.29 is 14.4 Å². The van der Waals surface area contributed by atoms with Crippen LogP contribution in [0.1, 0.15) is 42.5 Å². The van der Waals surface area contributed by atoms with Crippen molar-refractivity contribution in [1.29, 1.82) is 0 Å². The van der Waals surface area contributed by atoms with E-state index in [0.29, 0.717) is 38.6 Å². The van der Waals surface area contributed by atoms with Gasteiger partial charge in [-0.1, -0.05) is 18.2 Å². The zero-order valence-electron chi connectivity index (χ0n) is 18.4. The molecule has 3 aliphatic heterocycles. The Bertz CT molecular complexity index is 770. The first-order chi connectivity index (χ1) is 15.1. The fourth-order valence-electron chi connectivity index (χ4n) is 4.96. The third-order valence-electron chi connectivity index (χ3n) is 6.87. The van der Waals surface area contributed by atoms with Crippen molar-refractivity contribution in [1.82, 2.24) is 19.6 Å². The van der Waals surface area contributed by atoms with Crippen LogP contribution in [0.2, 0.25) is 0 Å². The topological polar surface area (TPSA) is 64.2 Å². The summed E-state index contributed by atoms with van der Waals surface area (Å²) in [7, 11) is 0. The van der Waals surface area contributed by atoms with Crippen LogP contribution in [0.25, 0.3) is 0 Å². The number of rotatable bonds is 4. The summed E-state index contributed by atoms with van der Waals surface area (Å²) in [6.45, 7) is 6.47. The monoisotopic (exact) mass is 426 g/mol. The van der Waals surface area contributed by atoms with Crippen LogP contribution in [0.15, 0.2) is 30.3 Å². The maximum absolute atomic E-state index is 12.9. The van der Waals surface area contributed by atoms with Crippen molar-refractivity contribution in [2.75, 3.05) is 58.9 Å². The largest absolute Gasteiger partial charge is 0.342 e. The fourth-order valence-corrected chi connectivity index (χ4v) is 4.96. The molecule has 0 aliphatic carbocycles. The van der Waals surface area contributed by atoms with Gasteiger partial charge in [0.05, 0.1) is 6.54 Å². The van der Waals surface area contributed by atoms with Crippen LogP contribution >= 0.6 is 0 Å². The van der Waals surface area contributed by atoms with Crippen molar-refractivity contribution in [3.63, 3.8) is 0 Å². The van der Waals surface area contributed by atoms with Gasteiger partial charge in [-0.3, -0.25) is 19.3 Å². The minimum Gasteiger partial charge on any atom is -0.342 e. The van der Waals surface area contributed by atoms with Crippen molar-refractivity contribution in [2.24, 2.45) is 5.92 Å². The molecule has 3 fully saturated rings. The first-order valence-corrected chi connectivity index (χ1v) is 11.7. The molecule has 1 aromatic carbocycles. The second-order valence-corrected chi connectivity index (χ2v) is 8.98. The number of piperidine rings is 1. The first-order valence-electron chi connectivity index (χ1n) is 11.7. The van der Waals surface area contributed by atoms with Crippen LogP contribution in [0, 0.1) is 5.92 Å². The molecule has 1 aromatic rings. The number of hydrogen-bond acceptors (Lipinski definition) is 4. The predicted octanol–water partition coefficient (Wildman–Crippen LogP) is 1.70. The van der Waals surface area contributed by atoms with Crippen molar-refractivity contribution in [2.45, 2.75) is 32.1 Å². The van der Waals surface area contributed by atoms with E-state index < -0.39 is 0 Å². The number of amides is 3. The zero-order chi connectivity index (χ0) is 21.6. The summed E-state index contributed by atoms with van der Waals surface area (Å²) in [5, 5.41) is 0. The summed E-state index contributed by atoms with van der Waals surface area (Å²) in [5.41, 5.74) is 0.721. The first kappa shape index (κ1) is 21.8. The minimum absolute atomic E-state index is 0.0681. The van der Waals surface area contributed by atoms with Gasteiger partial charge in [-0.15, -0.1) is 0 Å². The maximum atomic E-state index is 12.9. The molecule has 7 nitrogen and oxygen atoms in total. The summed E-state index contributed by atoms with van der Waals surface area (Å²) < 4.78 is 0. The Labute approximate surface area is 185 Å². The van der Waals surface area contributed by atoms with E-state index in [1.807, 2.05) is 45.0 Å². The molecule has 168 valence electrons. The molecule has 0 bridgehead atoms. The molecule has 3 amide bonds. The van der Waals surface area contributed by atoms with Gasteiger partial charge >= 0.3 is 0 Å². The SMILES string of the molecule is O=C(CN1CCCN(C(=O)c2ccccc2)CC1)N1CCC(C(=O)N2CCCC2)CC1. The second kappa shape index (κ2) is 10.3. The molecule has 3 saturated heterocycles. The lowest BCUT2D eigenvalue weighted by Crippen LogP contribution is -2.47. The fraction of sp³-hybridized carbons (Fsp3) is 0.625. The van der Waals surface area contributed by atoms with E-state index in [0.717, 1.165) is 63.8 Å². The molecule has 0 atom stereocenters. The molecule has 0 unspecified atom stereocenters. The van der Waals surface area contributed by atoms with Crippen LogP contribution in [0.4, 0.5) is 0 Å². The molecule has 0 spiro atoms. The Morgan fingerprint density at radius 2 is 1.39 bits per heavy atom. The number of hydrogen-bond donors (Lipinski definition) is 0. The minimum atomic E-state index is 0.0681. The highest BCUT2D eigenvalue weighted by Crippen LogP contribution is 2.22. The number of carbonyl (C=O) groups excluding carboxylic acids is 3. The number of nitrogens with zero attached hydrogens (tertiary/aromatic N) is 4. The lowest BCUT2D eigenvalue weighted by Gasteiger charge is -2.34. The van der Waals surface area contributed by atoms with Crippen molar-refractivity contribution >= 4 is 17.7 Å². The Morgan fingerprint density at radius 1 is 0.710 bits per heavy atom. The van der Waals surface area contributed by atoms with Gasteiger partial charge in [0.15, 0.2) is 0 Å². The lowest BCUT2D eigenvalue weighted by molar-refractivity contribution is -0.140. The highest BCUT2D eigenvalue weighted by Gasteiger charge is 2.31. The van der Waals surface area contributed by atoms with Gasteiger partial charge in [0, 0.05) is 63.8 Å². The molecular formula is C24H34N4O3. The van der Waals surface area contributed by atoms with Crippen LogP contribution in [0.5, 0.6) is 0 Å². The van der Waals surface area contributed by atoms with E-state index >= 15 is 0 Å². The van der Waals surface area contributed by atoms with Gasteiger partial charge < -0.3 is 14.7 Å². The van der Waals surface area contributed by atoms with Gasteiger partial charge in [0.2, 0.25) is 11.8 Å². The Morgan fingerprint density at radius 3 is 2.10 bits per heavy atom. The molecule has 3 heterocycles. The molecule has 0 aromatic heterocycles. The number of likely N-dealkylation sites (tertiary alicyclic amines) is 2. The maximum Gasteiger partial charge on any atom is 0.253 e. The van der Waals surface area contributed by atoms with Crippen molar-refractivity contribution in [3.05, 3.63) is 35.9 Å². The lowest BCUT2D eigenvalue weighted by atomic mass is 9.95. The quantitative estimate of drug-likeness (QED) is 0.735. The van der Waals surface area contributed by atoms with Crippen LogP contribution in [-0.4, -0.2) is 96.2 Å². The highest BCUT2D eigenvalue weighted by molar-refractivity contribution is 5.94. The van der Waals surface area contributed by atoms with E-state index in [-0.39, 0.29) is 17.7 Å². The zero-order valence-corrected chi connectivity index (χ0v) is 18.4. The van der Waals surface area contributed by atoms with Crippen LogP contribution in [0.3, 0.4) is 0 Å².